The second kappa shape index (κ2) is 5.00. The number of halogens is 1. The van der Waals surface area contributed by atoms with Crippen molar-refractivity contribution in [3.8, 4) is 0 Å². The molecule has 0 aromatic carbocycles. The van der Waals surface area contributed by atoms with Gasteiger partial charge in [0.25, 0.3) is 0 Å². The molecule has 3 heteroatoms. The number of hydrogen-bond donors (Lipinski definition) is 0. The average Bonchev–Trinajstić information content (AvgIpc) is 2.03. The Bertz CT molecular complexity index is 159. The zero-order valence-corrected chi connectivity index (χ0v) is 8.97. The molecule has 1 heterocycles. The van der Waals surface area contributed by atoms with Gasteiger partial charge in [0, 0.05) is 6.61 Å². The van der Waals surface area contributed by atoms with Gasteiger partial charge in [-0.3, -0.25) is 0 Å². The minimum Gasteiger partial charge on any atom is -0.351 e. The number of alkyl halides is 1. The van der Waals surface area contributed by atoms with Crippen molar-refractivity contribution in [1.29, 1.82) is 0 Å². The van der Waals surface area contributed by atoms with Crippen LogP contribution in [0.25, 0.3) is 0 Å². The molecule has 0 aromatic heterocycles. The summed E-state index contributed by atoms with van der Waals surface area (Å²) < 4.78 is 10.9. The van der Waals surface area contributed by atoms with Crippen LogP contribution >= 0.6 is 15.9 Å². The fourth-order valence-corrected chi connectivity index (χ4v) is 1.72. The summed E-state index contributed by atoms with van der Waals surface area (Å²) in [6.07, 6.45) is 2.15. The van der Waals surface area contributed by atoms with Crippen LogP contribution in [0, 0.1) is 0 Å². The summed E-state index contributed by atoms with van der Waals surface area (Å²) in [5, 5.41) is 0. The van der Waals surface area contributed by atoms with Gasteiger partial charge < -0.3 is 9.47 Å². The van der Waals surface area contributed by atoms with Gasteiger partial charge >= 0.3 is 0 Å². The third-order valence-corrected chi connectivity index (χ3v) is 2.59. The maximum atomic E-state index is 5.49. The predicted octanol–water partition coefficient (Wildman–Crippen LogP) is 2.48. The quantitative estimate of drug-likeness (QED) is 0.552. The lowest BCUT2D eigenvalue weighted by Gasteiger charge is -2.27. The molecule has 2 nitrogen and oxygen atoms in total. The van der Waals surface area contributed by atoms with Crippen LogP contribution in [-0.4, -0.2) is 24.3 Å². The number of ether oxygens (including phenoxy) is 2. The zero-order chi connectivity index (χ0) is 8.97. The first-order valence-electron chi connectivity index (χ1n) is 4.22. The summed E-state index contributed by atoms with van der Waals surface area (Å²) in [6, 6.07) is 0. The third kappa shape index (κ3) is 3.25. The third-order valence-electron chi connectivity index (χ3n) is 1.70. The van der Waals surface area contributed by atoms with Crippen LogP contribution in [0.15, 0.2) is 12.2 Å². The molecule has 0 saturated carbocycles. The van der Waals surface area contributed by atoms with Crippen LogP contribution < -0.4 is 0 Å². The highest BCUT2D eigenvalue weighted by atomic mass is 79.9. The molecule has 1 aliphatic rings. The van der Waals surface area contributed by atoms with Gasteiger partial charge in [0.1, 0.15) is 0 Å². The highest BCUT2D eigenvalue weighted by Crippen LogP contribution is 2.22. The summed E-state index contributed by atoms with van der Waals surface area (Å²) in [5.41, 5.74) is 1.03. The van der Waals surface area contributed by atoms with Crippen LogP contribution in [0.2, 0.25) is 0 Å². The molecule has 0 spiro atoms. The van der Waals surface area contributed by atoms with E-state index < -0.39 is 0 Å². The van der Waals surface area contributed by atoms with Gasteiger partial charge in [-0.2, -0.15) is 0 Å². The van der Waals surface area contributed by atoms with Crippen molar-refractivity contribution < 1.29 is 9.47 Å². The molecule has 0 radical (unpaired) electrons. The van der Waals surface area contributed by atoms with Crippen LogP contribution in [0.4, 0.5) is 0 Å². The summed E-state index contributed by atoms with van der Waals surface area (Å²) in [6.45, 7) is 7.12. The Hall–Kier alpha value is 0.140. The molecule has 70 valence electrons. The SMILES string of the molecule is C=C(C)COC1OCCCC1Br. The molecular weight excluding hydrogens is 220 g/mol. The maximum Gasteiger partial charge on any atom is 0.170 e. The second-order valence-electron chi connectivity index (χ2n) is 3.17. The van der Waals surface area contributed by atoms with Gasteiger partial charge in [0.2, 0.25) is 0 Å². The summed E-state index contributed by atoms with van der Waals surface area (Å²) >= 11 is 3.53. The summed E-state index contributed by atoms with van der Waals surface area (Å²) in [4.78, 5) is 0.339. The Morgan fingerprint density at radius 2 is 2.50 bits per heavy atom. The Morgan fingerprint density at radius 1 is 1.75 bits per heavy atom. The Morgan fingerprint density at radius 3 is 3.08 bits per heavy atom. The lowest BCUT2D eigenvalue weighted by molar-refractivity contribution is -0.151. The van der Waals surface area contributed by atoms with Crippen LogP contribution in [0.1, 0.15) is 19.8 Å². The van der Waals surface area contributed by atoms with Crippen molar-refractivity contribution in [3.05, 3.63) is 12.2 Å². The van der Waals surface area contributed by atoms with Gasteiger partial charge in [0.15, 0.2) is 6.29 Å². The first-order valence-corrected chi connectivity index (χ1v) is 5.13. The largest absolute Gasteiger partial charge is 0.351 e. The van der Waals surface area contributed by atoms with Crippen molar-refractivity contribution in [2.24, 2.45) is 0 Å². The molecular formula is C9H15BrO2. The van der Waals surface area contributed by atoms with E-state index in [4.69, 9.17) is 9.47 Å². The van der Waals surface area contributed by atoms with E-state index >= 15 is 0 Å². The van der Waals surface area contributed by atoms with E-state index in [0.717, 1.165) is 25.0 Å². The van der Waals surface area contributed by atoms with Gasteiger partial charge in [-0.05, 0) is 19.8 Å². The van der Waals surface area contributed by atoms with Crippen molar-refractivity contribution in [3.63, 3.8) is 0 Å². The first-order chi connectivity index (χ1) is 5.70. The second-order valence-corrected chi connectivity index (χ2v) is 4.34. The van der Waals surface area contributed by atoms with Crippen LogP contribution in [-0.2, 0) is 9.47 Å². The number of rotatable bonds is 3. The predicted molar refractivity (Wildman–Crippen MR) is 52.5 cm³/mol. The van der Waals surface area contributed by atoms with Gasteiger partial charge in [-0.15, -0.1) is 0 Å². The molecule has 2 atom stereocenters. The highest BCUT2D eigenvalue weighted by Gasteiger charge is 2.23. The van der Waals surface area contributed by atoms with E-state index in [2.05, 4.69) is 22.5 Å². The van der Waals surface area contributed by atoms with E-state index in [1.807, 2.05) is 6.92 Å². The Balaban J connectivity index is 2.24. The molecule has 1 aliphatic heterocycles. The molecule has 0 N–H and O–H groups in total. The molecule has 0 aromatic rings. The van der Waals surface area contributed by atoms with E-state index in [9.17, 15) is 0 Å². The van der Waals surface area contributed by atoms with Gasteiger partial charge in [0.05, 0.1) is 11.4 Å². The molecule has 0 aliphatic carbocycles. The van der Waals surface area contributed by atoms with Crippen molar-refractivity contribution in [2.45, 2.75) is 30.9 Å². The zero-order valence-electron chi connectivity index (χ0n) is 7.38. The highest BCUT2D eigenvalue weighted by molar-refractivity contribution is 9.09. The Kier molecular flexibility index (Phi) is 4.26. The molecule has 1 saturated heterocycles. The molecule has 1 rings (SSSR count). The van der Waals surface area contributed by atoms with E-state index in [1.165, 1.54) is 0 Å². The van der Waals surface area contributed by atoms with Crippen molar-refractivity contribution >= 4 is 15.9 Å². The van der Waals surface area contributed by atoms with Gasteiger partial charge in [-0.1, -0.05) is 28.1 Å². The first kappa shape index (κ1) is 10.2. The maximum absolute atomic E-state index is 5.49. The minimum atomic E-state index is -0.0875. The summed E-state index contributed by atoms with van der Waals surface area (Å²) in [7, 11) is 0. The standard InChI is InChI=1S/C9H15BrO2/c1-7(2)6-12-9-8(10)4-3-5-11-9/h8-9H,1,3-6H2,2H3. The van der Waals surface area contributed by atoms with E-state index in [-0.39, 0.29) is 6.29 Å². The molecule has 1 fully saturated rings. The van der Waals surface area contributed by atoms with Crippen LogP contribution in [0.5, 0.6) is 0 Å². The van der Waals surface area contributed by atoms with Crippen molar-refractivity contribution in [2.75, 3.05) is 13.2 Å². The van der Waals surface area contributed by atoms with Crippen molar-refractivity contribution in [1.82, 2.24) is 0 Å². The lowest BCUT2D eigenvalue weighted by atomic mass is 10.2. The van der Waals surface area contributed by atoms with E-state index in [1.54, 1.807) is 0 Å². The summed E-state index contributed by atoms with van der Waals surface area (Å²) in [5.74, 6) is 0. The molecule has 0 bridgehead atoms. The van der Waals surface area contributed by atoms with E-state index in [0.29, 0.717) is 11.4 Å². The molecule has 0 amide bonds. The fraction of sp³-hybridized carbons (Fsp3) is 0.778. The average molecular weight is 235 g/mol. The minimum absolute atomic E-state index is 0.0875. The fourth-order valence-electron chi connectivity index (χ4n) is 1.10. The molecule has 2 unspecified atom stereocenters. The molecule has 12 heavy (non-hydrogen) atoms. The van der Waals surface area contributed by atoms with Gasteiger partial charge in [-0.25, -0.2) is 0 Å². The van der Waals surface area contributed by atoms with Crippen LogP contribution in [0.3, 0.4) is 0 Å². The monoisotopic (exact) mass is 234 g/mol. The smallest absolute Gasteiger partial charge is 0.170 e. The lowest BCUT2D eigenvalue weighted by Crippen LogP contribution is -2.32. The number of hydrogen-bond acceptors (Lipinski definition) is 2. The normalized spacial score (nSPS) is 30.2. The Labute approximate surface area is 82.1 Å². The topological polar surface area (TPSA) is 18.5 Å².